The van der Waals surface area contributed by atoms with E-state index in [1.54, 1.807) is 12.3 Å². The Kier molecular flexibility index (Phi) is 4.43. The number of rotatable bonds is 6. The number of nitro groups is 1. The fourth-order valence-electron chi connectivity index (χ4n) is 1.74. The van der Waals surface area contributed by atoms with Crippen LogP contribution in [0.25, 0.3) is 0 Å². The molecule has 0 aliphatic rings. The highest BCUT2D eigenvalue weighted by Crippen LogP contribution is 2.24. The first-order valence-electron chi connectivity index (χ1n) is 6.21. The predicted molar refractivity (Wildman–Crippen MR) is 76.6 cm³/mol. The summed E-state index contributed by atoms with van der Waals surface area (Å²) in [5, 5.41) is 17.1. The summed E-state index contributed by atoms with van der Waals surface area (Å²) < 4.78 is 0. The maximum absolute atomic E-state index is 10.9. The van der Waals surface area contributed by atoms with Crippen LogP contribution in [0.1, 0.15) is 12.6 Å². The molecule has 0 aliphatic heterocycles. The molecule has 0 spiro atoms. The maximum Gasteiger partial charge on any atom is 0.273 e. The molecule has 0 radical (unpaired) electrons. The molecule has 2 N–H and O–H groups in total. The van der Waals surface area contributed by atoms with Gasteiger partial charge in [-0.2, -0.15) is 0 Å². The quantitative estimate of drug-likeness (QED) is 0.620. The Morgan fingerprint density at radius 2 is 2.00 bits per heavy atom. The first-order chi connectivity index (χ1) is 9.69. The van der Waals surface area contributed by atoms with Crippen LogP contribution in [0.3, 0.4) is 0 Å². The third-order valence-corrected chi connectivity index (χ3v) is 2.63. The summed E-state index contributed by atoms with van der Waals surface area (Å²) in [6.07, 6.45) is 3.12. The van der Waals surface area contributed by atoms with Gasteiger partial charge in [0.15, 0.2) is 0 Å². The number of nitro benzene ring substituents is 1. The van der Waals surface area contributed by atoms with Gasteiger partial charge in [0.25, 0.3) is 5.69 Å². The van der Waals surface area contributed by atoms with E-state index in [0.29, 0.717) is 24.5 Å². The molecular formula is C13H15N5O2. The minimum atomic E-state index is -0.406. The Balaban J connectivity index is 2.15. The molecule has 1 aromatic heterocycles. The van der Waals surface area contributed by atoms with Crippen molar-refractivity contribution < 1.29 is 4.92 Å². The van der Waals surface area contributed by atoms with Crippen LogP contribution in [0.2, 0.25) is 0 Å². The predicted octanol–water partition coefficient (Wildman–Crippen LogP) is 2.43. The van der Waals surface area contributed by atoms with Gasteiger partial charge in [0.1, 0.15) is 6.33 Å². The molecule has 104 valence electrons. The number of nitrogens with one attached hydrogen (secondary N) is 2. The number of hydrogen-bond acceptors (Lipinski definition) is 6. The highest BCUT2D eigenvalue weighted by Gasteiger charge is 2.09. The van der Waals surface area contributed by atoms with E-state index in [1.165, 1.54) is 18.5 Å². The van der Waals surface area contributed by atoms with E-state index in [-0.39, 0.29) is 5.69 Å². The number of nitrogens with zero attached hydrogens (tertiary/aromatic N) is 3. The van der Waals surface area contributed by atoms with Crippen LogP contribution in [0, 0.1) is 10.1 Å². The van der Waals surface area contributed by atoms with Gasteiger partial charge in [-0.1, -0.05) is 0 Å². The van der Waals surface area contributed by atoms with E-state index >= 15 is 0 Å². The van der Waals surface area contributed by atoms with E-state index in [4.69, 9.17) is 0 Å². The monoisotopic (exact) mass is 273 g/mol. The van der Waals surface area contributed by atoms with Crippen LogP contribution < -0.4 is 10.6 Å². The van der Waals surface area contributed by atoms with Crippen molar-refractivity contribution in [2.45, 2.75) is 13.5 Å². The SMILES string of the molecule is CCNc1cc(NCc2ccncn2)cc([N+](=O)[O-])c1. The number of anilines is 2. The minimum absolute atomic E-state index is 0.0497. The summed E-state index contributed by atoms with van der Waals surface area (Å²) >= 11 is 0. The van der Waals surface area contributed by atoms with Gasteiger partial charge < -0.3 is 10.6 Å². The zero-order chi connectivity index (χ0) is 14.4. The second-order valence-corrected chi connectivity index (χ2v) is 4.11. The van der Waals surface area contributed by atoms with E-state index in [0.717, 1.165) is 5.69 Å². The fourth-order valence-corrected chi connectivity index (χ4v) is 1.74. The van der Waals surface area contributed by atoms with Crippen molar-refractivity contribution in [1.29, 1.82) is 0 Å². The Bertz CT molecular complexity index is 589. The second-order valence-electron chi connectivity index (χ2n) is 4.11. The Labute approximate surface area is 116 Å². The first-order valence-corrected chi connectivity index (χ1v) is 6.21. The van der Waals surface area contributed by atoms with Crippen LogP contribution in [-0.2, 0) is 6.54 Å². The number of non-ortho nitro benzene ring substituents is 1. The topological polar surface area (TPSA) is 93.0 Å². The molecule has 0 saturated heterocycles. The first kappa shape index (κ1) is 13.7. The van der Waals surface area contributed by atoms with Crippen molar-refractivity contribution in [3.05, 3.63) is 52.6 Å². The van der Waals surface area contributed by atoms with Gasteiger partial charge in [-0.3, -0.25) is 10.1 Å². The summed E-state index contributed by atoms with van der Waals surface area (Å²) in [6.45, 7) is 3.12. The van der Waals surface area contributed by atoms with Crippen molar-refractivity contribution in [3.8, 4) is 0 Å². The van der Waals surface area contributed by atoms with Crippen molar-refractivity contribution in [2.24, 2.45) is 0 Å². The van der Waals surface area contributed by atoms with Gasteiger partial charge in [0.05, 0.1) is 17.2 Å². The lowest BCUT2D eigenvalue weighted by atomic mass is 10.2. The molecule has 0 atom stereocenters. The van der Waals surface area contributed by atoms with Gasteiger partial charge in [0.2, 0.25) is 0 Å². The lowest BCUT2D eigenvalue weighted by Crippen LogP contribution is -2.04. The summed E-state index contributed by atoms with van der Waals surface area (Å²) in [7, 11) is 0. The summed E-state index contributed by atoms with van der Waals surface area (Å²) in [5.41, 5.74) is 2.26. The third kappa shape index (κ3) is 3.64. The maximum atomic E-state index is 10.9. The average Bonchev–Trinajstić information content (AvgIpc) is 2.46. The van der Waals surface area contributed by atoms with Gasteiger partial charge >= 0.3 is 0 Å². The van der Waals surface area contributed by atoms with Crippen molar-refractivity contribution >= 4 is 17.1 Å². The molecule has 1 aromatic carbocycles. The largest absolute Gasteiger partial charge is 0.385 e. The molecule has 0 saturated carbocycles. The van der Waals surface area contributed by atoms with Gasteiger partial charge in [-0.15, -0.1) is 0 Å². The molecule has 7 heteroatoms. The lowest BCUT2D eigenvalue weighted by molar-refractivity contribution is -0.384. The van der Waals surface area contributed by atoms with Gasteiger partial charge in [-0.05, 0) is 19.1 Å². The van der Waals surface area contributed by atoms with Gasteiger partial charge in [0, 0.05) is 36.2 Å². The molecule has 7 nitrogen and oxygen atoms in total. The van der Waals surface area contributed by atoms with Crippen LogP contribution in [0.4, 0.5) is 17.1 Å². The molecular weight excluding hydrogens is 258 g/mol. The fraction of sp³-hybridized carbons (Fsp3) is 0.231. The van der Waals surface area contributed by atoms with Crippen molar-refractivity contribution in [2.75, 3.05) is 17.2 Å². The molecule has 0 fully saturated rings. The Morgan fingerprint density at radius 1 is 1.25 bits per heavy atom. The van der Waals surface area contributed by atoms with Crippen LogP contribution >= 0.6 is 0 Å². The smallest absolute Gasteiger partial charge is 0.273 e. The molecule has 1 heterocycles. The van der Waals surface area contributed by atoms with Crippen molar-refractivity contribution in [3.63, 3.8) is 0 Å². The number of aromatic nitrogens is 2. The minimum Gasteiger partial charge on any atom is -0.385 e. The molecule has 0 bridgehead atoms. The third-order valence-electron chi connectivity index (χ3n) is 2.63. The van der Waals surface area contributed by atoms with Crippen LogP contribution in [-0.4, -0.2) is 21.4 Å². The lowest BCUT2D eigenvalue weighted by Gasteiger charge is -2.09. The van der Waals surface area contributed by atoms with Crippen LogP contribution in [0.15, 0.2) is 36.8 Å². The zero-order valence-corrected chi connectivity index (χ0v) is 11.0. The standard InChI is InChI=1S/C13H15N5O2/c1-2-15-11-5-12(7-13(6-11)18(19)20)16-8-10-3-4-14-9-17-10/h3-7,9,15-16H,2,8H2,1H3. The Morgan fingerprint density at radius 3 is 2.60 bits per heavy atom. The van der Waals surface area contributed by atoms with Gasteiger partial charge in [-0.25, -0.2) is 9.97 Å². The van der Waals surface area contributed by atoms with E-state index in [2.05, 4.69) is 20.6 Å². The van der Waals surface area contributed by atoms with E-state index < -0.39 is 4.92 Å². The summed E-state index contributed by atoms with van der Waals surface area (Å²) in [4.78, 5) is 18.4. The zero-order valence-electron chi connectivity index (χ0n) is 11.0. The normalized spacial score (nSPS) is 10.1. The molecule has 0 unspecified atom stereocenters. The van der Waals surface area contributed by atoms with E-state index in [9.17, 15) is 10.1 Å². The molecule has 0 aliphatic carbocycles. The summed E-state index contributed by atoms with van der Waals surface area (Å²) in [6, 6.07) is 6.63. The van der Waals surface area contributed by atoms with Crippen molar-refractivity contribution in [1.82, 2.24) is 9.97 Å². The molecule has 2 aromatic rings. The average molecular weight is 273 g/mol. The Hall–Kier alpha value is -2.70. The van der Waals surface area contributed by atoms with E-state index in [1.807, 2.05) is 13.0 Å². The summed E-state index contributed by atoms with van der Waals surface area (Å²) in [5.74, 6) is 0. The number of benzene rings is 1. The molecule has 0 amide bonds. The molecule has 2 rings (SSSR count). The van der Waals surface area contributed by atoms with Crippen LogP contribution in [0.5, 0.6) is 0 Å². The second kappa shape index (κ2) is 6.46. The number of hydrogen-bond donors (Lipinski definition) is 2. The highest BCUT2D eigenvalue weighted by molar-refractivity contribution is 5.63. The highest BCUT2D eigenvalue weighted by atomic mass is 16.6. The molecule has 20 heavy (non-hydrogen) atoms.